The number of carbonyl (C=O) groups excluding carboxylic acids is 1. The maximum Gasteiger partial charge on any atom is 0.293 e. The third kappa shape index (κ3) is 3.22. The summed E-state index contributed by atoms with van der Waals surface area (Å²) in [6.45, 7) is 9.49. The molecule has 1 aliphatic rings. The fourth-order valence-corrected chi connectivity index (χ4v) is 2.84. The third-order valence-electron chi connectivity index (χ3n) is 4.11. The van der Waals surface area contributed by atoms with Crippen LogP contribution in [-0.4, -0.2) is 12.6 Å². The first-order chi connectivity index (χ1) is 7.06. The lowest BCUT2D eigenvalue weighted by Gasteiger charge is -2.38. The summed E-state index contributed by atoms with van der Waals surface area (Å²) in [7, 11) is 0. The van der Waals surface area contributed by atoms with E-state index in [-0.39, 0.29) is 6.10 Å². The summed E-state index contributed by atoms with van der Waals surface area (Å²) in [5.74, 6) is 2.80. The molecule has 1 fully saturated rings. The Bertz CT molecular complexity index is 201. The van der Waals surface area contributed by atoms with Gasteiger partial charge in [-0.1, -0.05) is 27.2 Å². The van der Waals surface area contributed by atoms with Crippen molar-refractivity contribution in [3.63, 3.8) is 0 Å². The number of rotatable bonds is 4. The molecule has 0 aromatic rings. The molecule has 2 heteroatoms. The van der Waals surface area contributed by atoms with Crippen LogP contribution < -0.4 is 0 Å². The van der Waals surface area contributed by atoms with Crippen molar-refractivity contribution >= 4 is 6.47 Å². The van der Waals surface area contributed by atoms with Crippen LogP contribution in [0.3, 0.4) is 0 Å². The minimum atomic E-state index is 0.0825. The van der Waals surface area contributed by atoms with Crippen LogP contribution in [0, 0.1) is 23.7 Å². The second kappa shape index (κ2) is 5.53. The van der Waals surface area contributed by atoms with Gasteiger partial charge >= 0.3 is 0 Å². The first-order valence-electron chi connectivity index (χ1n) is 6.15. The van der Waals surface area contributed by atoms with Gasteiger partial charge in [-0.3, -0.25) is 4.79 Å². The highest BCUT2D eigenvalue weighted by Crippen LogP contribution is 2.39. The Morgan fingerprint density at radius 3 is 2.47 bits per heavy atom. The smallest absolute Gasteiger partial charge is 0.293 e. The van der Waals surface area contributed by atoms with E-state index in [1.54, 1.807) is 0 Å². The van der Waals surface area contributed by atoms with Crippen molar-refractivity contribution in [2.75, 3.05) is 0 Å². The molecular weight excluding hydrogens is 188 g/mol. The van der Waals surface area contributed by atoms with Gasteiger partial charge in [0.2, 0.25) is 0 Å². The zero-order valence-corrected chi connectivity index (χ0v) is 10.4. The fraction of sp³-hybridized carbons (Fsp3) is 0.923. The van der Waals surface area contributed by atoms with E-state index in [1.165, 1.54) is 19.3 Å². The lowest BCUT2D eigenvalue weighted by Crippen LogP contribution is -2.34. The van der Waals surface area contributed by atoms with E-state index < -0.39 is 0 Å². The number of hydrogen-bond acceptors (Lipinski definition) is 2. The average Bonchev–Trinajstić information content (AvgIpc) is 2.18. The summed E-state index contributed by atoms with van der Waals surface area (Å²) < 4.78 is 5.10. The maximum absolute atomic E-state index is 10.4. The van der Waals surface area contributed by atoms with E-state index in [9.17, 15) is 4.79 Å². The van der Waals surface area contributed by atoms with Crippen LogP contribution in [0.1, 0.15) is 47.0 Å². The van der Waals surface area contributed by atoms with Crippen molar-refractivity contribution < 1.29 is 9.53 Å². The summed E-state index contributed by atoms with van der Waals surface area (Å²) in [6, 6.07) is 0. The number of carbonyl (C=O) groups is 1. The molecule has 0 N–H and O–H groups in total. The molecule has 88 valence electrons. The molecule has 1 saturated carbocycles. The molecular formula is C13H24O2. The standard InChI is InChI=1S/C13H24O2/c1-9(2)12-6-5-10(3)13(7-12)11(4)15-8-14/h8-13H,5-7H2,1-4H3. The highest BCUT2D eigenvalue weighted by atomic mass is 16.5. The van der Waals surface area contributed by atoms with Crippen molar-refractivity contribution in [1.82, 2.24) is 0 Å². The molecule has 0 spiro atoms. The molecule has 0 amide bonds. The van der Waals surface area contributed by atoms with Gasteiger partial charge in [-0.05, 0) is 43.4 Å². The van der Waals surface area contributed by atoms with Gasteiger partial charge in [-0.2, -0.15) is 0 Å². The Kier molecular flexibility index (Phi) is 4.62. The number of hydrogen-bond donors (Lipinski definition) is 0. The van der Waals surface area contributed by atoms with Gasteiger partial charge in [0, 0.05) is 0 Å². The van der Waals surface area contributed by atoms with E-state index in [2.05, 4.69) is 20.8 Å². The zero-order chi connectivity index (χ0) is 11.4. The Balaban J connectivity index is 2.56. The molecule has 0 heterocycles. The second-order valence-electron chi connectivity index (χ2n) is 5.40. The highest BCUT2D eigenvalue weighted by Gasteiger charge is 2.33. The average molecular weight is 212 g/mol. The van der Waals surface area contributed by atoms with Crippen LogP contribution in [0.15, 0.2) is 0 Å². The largest absolute Gasteiger partial charge is 0.465 e. The maximum atomic E-state index is 10.4. The van der Waals surface area contributed by atoms with Gasteiger partial charge in [0.05, 0.1) is 0 Å². The minimum Gasteiger partial charge on any atom is -0.465 e. The molecule has 4 atom stereocenters. The number of ether oxygens (including phenoxy) is 1. The molecule has 0 aromatic heterocycles. The molecule has 1 rings (SSSR count). The zero-order valence-electron chi connectivity index (χ0n) is 10.4. The quantitative estimate of drug-likeness (QED) is 0.669. The summed E-state index contributed by atoms with van der Waals surface area (Å²) in [5, 5.41) is 0. The summed E-state index contributed by atoms with van der Waals surface area (Å²) in [4.78, 5) is 10.4. The predicted octanol–water partition coefficient (Wildman–Crippen LogP) is 3.26. The van der Waals surface area contributed by atoms with E-state index in [0.717, 1.165) is 11.8 Å². The van der Waals surface area contributed by atoms with Crippen molar-refractivity contribution in [3.05, 3.63) is 0 Å². The topological polar surface area (TPSA) is 26.3 Å². The van der Waals surface area contributed by atoms with Crippen LogP contribution in [-0.2, 0) is 9.53 Å². The van der Waals surface area contributed by atoms with Gasteiger partial charge in [0.1, 0.15) is 6.10 Å². The van der Waals surface area contributed by atoms with Crippen molar-refractivity contribution in [1.29, 1.82) is 0 Å². The first kappa shape index (κ1) is 12.5. The van der Waals surface area contributed by atoms with Crippen LogP contribution in [0.4, 0.5) is 0 Å². The van der Waals surface area contributed by atoms with Crippen LogP contribution >= 0.6 is 0 Å². The molecule has 4 unspecified atom stereocenters. The lowest BCUT2D eigenvalue weighted by molar-refractivity contribution is -0.137. The van der Waals surface area contributed by atoms with Crippen LogP contribution in [0.25, 0.3) is 0 Å². The summed E-state index contributed by atoms with van der Waals surface area (Å²) in [5.41, 5.74) is 0. The second-order valence-corrected chi connectivity index (χ2v) is 5.40. The first-order valence-corrected chi connectivity index (χ1v) is 6.15. The highest BCUT2D eigenvalue weighted by molar-refractivity contribution is 5.37. The van der Waals surface area contributed by atoms with Gasteiger partial charge in [-0.25, -0.2) is 0 Å². The molecule has 0 saturated heterocycles. The fourth-order valence-electron chi connectivity index (χ4n) is 2.84. The molecule has 15 heavy (non-hydrogen) atoms. The van der Waals surface area contributed by atoms with Crippen molar-refractivity contribution in [3.8, 4) is 0 Å². The minimum absolute atomic E-state index is 0.0825. The Morgan fingerprint density at radius 1 is 1.27 bits per heavy atom. The monoisotopic (exact) mass is 212 g/mol. The van der Waals surface area contributed by atoms with Gasteiger partial charge < -0.3 is 4.74 Å². The van der Waals surface area contributed by atoms with Crippen molar-refractivity contribution in [2.45, 2.75) is 53.1 Å². The van der Waals surface area contributed by atoms with E-state index in [1.807, 2.05) is 6.92 Å². The van der Waals surface area contributed by atoms with E-state index in [0.29, 0.717) is 18.3 Å². The van der Waals surface area contributed by atoms with Crippen LogP contribution in [0.2, 0.25) is 0 Å². The lowest BCUT2D eigenvalue weighted by atomic mass is 9.69. The molecule has 0 radical (unpaired) electrons. The Morgan fingerprint density at radius 2 is 1.93 bits per heavy atom. The van der Waals surface area contributed by atoms with Gasteiger partial charge in [-0.15, -0.1) is 0 Å². The van der Waals surface area contributed by atoms with E-state index >= 15 is 0 Å². The molecule has 2 nitrogen and oxygen atoms in total. The van der Waals surface area contributed by atoms with Crippen LogP contribution in [0.5, 0.6) is 0 Å². The Labute approximate surface area is 93.4 Å². The van der Waals surface area contributed by atoms with Crippen molar-refractivity contribution in [2.24, 2.45) is 23.7 Å². The molecule has 0 aliphatic heterocycles. The van der Waals surface area contributed by atoms with Gasteiger partial charge in [0.25, 0.3) is 6.47 Å². The SMILES string of the molecule is CC(C)C1CCC(C)C(C(C)OC=O)C1. The molecule has 0 bridgehead atoms. The Hall–Kier alpha value is -0.530. The van der Waals surface area contributed by atoms with Gasteiger partial charge in [0.15, 0.2) is 0 Å². The summed E-state index contributed by atoms with van der Waals surface area (Å²) >= 11 is 0. The molecule has 1 aliphatic carbocycles. The predicted molar refractivity (Wildman–Crippen MR) is 61.4 cm³/mol. The normalized spacial score (nSPS) is 33.8. The summed E-state index contributed by atoms with van der Waals surface area (Å²) in [6.07, 6.45) is 3.91. The molecule has 0 aromatic carbocycles. The third-order valence-corrected chi connectivity index (χ3v) is 4.11. The van der Waals surface area contributed by atoms with E-state index in [4.69, 9.17) is 4.74 Å².